The summed E-state index contributed by atoms with van der Waals surface area (Å²) < 4.78 is 6.43. The number of benzene rings is 4. The van der Waals surface area contributed by atoms with E-state index < -0.39 is 5.97 Å². The largest absolute Gasteiger partial charge is 0.478 e. The van der Waals surface area contributed by atoms with Gasteiger partial charge in [0.15, 0.2) is 0 Å². The number of piperazine rings is 1. The number of aromatic nitrogens is 1. The Morgan fingerprint density at radius 3 is 2.44 bits per heavy atom. The number of anilines is 1. The molecular formula is C38H38ClN3O3. The average Bonchev–Trinajstić information content (AvgIpc) is 3.42. The van der Waals surface area contributed by atoms with Gasteiger partial charge in [-0.15, -0.1) is 0 Å². The van der Waals surface area contributed by atoms with Gasteiger partial charge in [-0.1, -0.05) is 67.4 Å². The molecule has 4 aromatic carbocycles. The van der Waals surface area contributed by atoms with E-state index >= 15 is 0 Å². The molecule has 230 valence electrons. The summed E-state index contributed by atoms with van der Waals surface area (Å²) in [6.07, 6.45) is 3.39. The first kappa shape index (κ1) is 29.5. The van der Waals surface area contributed by atoms with Gasteiger partial charge >= 0.3 is 5.97 Å². The maximum Gasteiger partial charge on any atom is 0.339 e. The normalized spacial score (nSPS) is 17.3. The summed E-state index contributed by atoms with van der Waals surface area (Å²) in [7, 11) is 0. The number of allylic oxidation sites excluding steroid dienone is 1. The Kier molecular flexibility index (Phi) is 7.80. The molecule has 2 heterocycles. The van der Waals surface area contributed by atoms with Crippen molar-refractivity contribution in [2.45, 2.75) is 33.1 Å². The monoisotopic (exact) mass is 619 g/mol. The molecule has 0 saturated carbocycles. The minimum absolute atomic E-state index is 0.149. The van der Waals surface area contributed by atoms with Crippen molar-refractivity contribution in [3.05, 3.63) is 107 Å². The van der Waals surface area contributed by atoms with Crippen LogP contribution in [0.25, 0.3) is 27.4 Å². The third-order valence-electron chi connectivity index (χ3n) is 9.44. The van der Waals surface area contributed by atoms with E-state index in [1.807, 2.05) is 60.7 Å². The number of nitrogens with zero attached hydrogens (tertiary/aromatic N) is 2. The van der Waals surface area contributed by atoms with Crippen molar-refractivity contribution in [1.29, 1.82) is 0 Å². The minimum atomic E-state index is -1.01. The number of carboxylic acid groups (broad SMARTS) is 1. The molecule has 0 amide bonds. The number of aromatic amines is 1. The first-order chi connectivity index (χ1) is 21.7. The molecule has 0 bridgehead atoms. The fourth-order valence-corrected chi connectivity index (χ4v) is 7.06. The highest BCUT2D eigenvalue weighted by atomic mass is 35.5. The third kappa shape index (κ3) is 6.05. The molecule has 0 spiro atoms. The van der Waals surface area contributed by atoms with Gasteiger partial charge in [-0.2, -0.15) is 0 Å². The Morgan fingerprint density at radius 1 is 0.911 bits per heavy atom. The van der Waals surface area contributed by atoms with E-state index in [1.54, 1.807) is 6.07 Å². The van der Waals surface area contributed by atoms with Crippen LogP contribution in [0.1, 0.15) is 49.0 Å². The lowest BCUT2D eigenvalue weighted by molar-refractivity contribution is 0.0694. The molecule has 1 aliphatic heterocycles. The van der Waals surface area contributed by atoms with Crippen molar-refractivity contribution in [2.24, 2.45) is 5.41 Å². The molecule has 0 unspecified atom stereocenters. The van der Waals surface area contributed by atoms with Crippen molar-refractivity contribution in [2.75, 3.05) is 37.6 Å². The van der Waals surface area contributed by atoms with E-state index in [0.29, 0.717) is 16.9 Å². The molecule has 1 saturated heterocycles. The maximum atomic E-state index is 12.2. The molecule has 1 aromatic heterocycles. The van der Waals surface area contributed by atoms with Crippen molar-refractivity contribution in [1.82, 2.24) is 9.88 Å². The quantitative estimate of drug-likeness (QED) is 0.190. The Labute approximate surface area is 268 Å². The van der Waals surface area contributed by atoms with Crippen molar-refractivity contribution in [3.8, 4) is 11.5 Å². The van der Waals surface area contributed by atoms with E-state index in [0.717, 1.165) is 78.1 Å². The first-order valence-corrected chi connectivity index (χ1v) is 16.1. The molecule has 7 heteroatoms. The van der Waals surface area contributed by atoms with Gasteiger partial charge in [-0.3, -0.25) is 4.90 Å². The van der Waals surface area contributed by atoms with Crippen LogP contribution in [-0.2, 0) is 0 Å². The molecule has 1 aliphatic carbocycles. The first-order valence-electron chi connectivity index (χ1n) is 15.7. The molecule has 45 heavy (non-hydrogen) atoms. The van der Waals surface area contributed by atoms with Crippen LogP contribution in [0.3, 0.4) is 0 Å². The molecule has 2 aliphatic rings. The van der Waals surface area contributed by atoms with Crippen molar-refractivity contribution < 1.29 is 14.6 Å². The highest BCUT2D eigenvalue weighted by molar-refractivity contribution is 6.30. The van der Waals surface area contributed by atoms with Crippen LogP contribution in [0.5, 0.6) is 11.5 Å². The van der Waals surface area contributed by atoms with E-state index in [1.165, 1.54) is 23.1 Å². The predicted molar refractivity (Wildman–Crippen MR) is 184 cm³/mol. The van der Waals surface area contributed by atoms with E-state index in [2.05, 4.69) is 46.8 Å². The molecule has 0 radical (unpaired) electrons. The topological polar surface area (TPSA) is 68.8 Å². The Bertz CT molecular complexity index is 1920. The van der Waals surface area contributed by atoms with Crippen molar-refractivity contribution in [3.63, 3.8) is 0 Å². The molecular weight excluding hydrogens is 582 g/mol. The van der Waals surface area contributed by atoms with Gasteiger partial charge < -0.3 is 19.7 Å². The average molecular weight is 620 g/mol. The second-order valence-corrected chi connectivity index (χ2v) is 13.6. The smallest absolute Gasteiger partial charge is 0.339 e. The Morgan fingerprint density at radius 2 is 1.67 bits per heavy atom. The van der Waals surface area contributed by atoms with Crippen molar-refractivity contribution >= 4 is 50.6 Å². The summed E-state index contributed by atoms with van der Waals surface area (Å²) in [5, 5.41) is 12.8. The Hall–Kier alpha value is -4.26. The number of aromatic carboxylic acids is 1. The SMILES string of the molecule is CC1(C)CCC(CN2CCN(c3ccc(C(=O)O)c(Oc4cccc5[nH]c6ccccc6c45)c3)CC2)=C(c2ccc(Cl)cc2)C1. The number of rotatable bonds is 7. The van der Waals surface area contributed by atoms with E-state index in [9.17, 15) is 9.90 Å². The second-order valence-electron chi connectivity index (χ2n) is 13.1. The zero-order valence-corrected chi connectivity index (χ0v) is 26.5. The second kappa shape index (κ2) is 11.9. The van der Waals surface area contributed by atoms with E-state index in [-0.39, 0.29) is 5.56 Å². The zero-order chi connectivity index (χ0) is 31.1. The van der Waals surface area contributed by atoms with Crippen LogP contribution < -0.4 is 9.64 Å². The lowest BCUT2D eigenvalue weighted by Gasteiger charge is -2.39. The fourth-order valence-electron chi connectivity index (χ4n) is 6.94. The number of hydrogen-bond donors (Lipinski definition) is 2. The standard InChI is InChI=1S/C38H38ClN3O3/c1-38(2)17-16-26(31(23-38)25-10-12-27(39)13-11-25)24-41-18-20-42(21-19-41)28-14-15-30(37(43)44)35(22-28)45-34-9-5-8-33-36(34)29-6-3-4-7-32(29)40-33/h3-15,22,40H,16-21,23-24H2,1-2H3,(H,43,44). The van der Waals surface area contributed by atoms with Gasteiger partial charge in [-0.05, 0) is 78.3 Å². The van der Waals surface area contributed by atoms with Crippen LogP contribution in [0.4, 0.5) is 5.69 Å². The molecule has 6 nitrogen and oxygen atoms in total. The van der Waals surface area contributed by atoms with Gasteiger partial charge in [0, 0.05) is 60.4 Å². The predicted octanol–water partition coefficient (Wildman–Crippen LogP) is 9.25. The number of hydrogen-bond acceptors (Lipinski definition) is 4. The van der Waals surface area contributed by atoms with Crippen LogP contribution in [0.2, 0.25) is 5.02 Å². The van der Waals surface area contributed by atoms with Gasteiger partial charge in [0.1, 0.15) is 17.1 Å². The number of ether oxygens (including phenoxy) is 1. The lowest BCUT2D eigenvalue weighted by atomic mass is 9.72. The molecule has 7 rings (SSSR count). The molecule has 2 N–H and O–H groups in total. The number of halogens is 1. The number of para-hydroxylation sites is 1. The van der Waals surface area contributed by atoms with Gasteiger partial charge in [-0.25, -0.2) is 4.79 Å². The van der Waals surface area contributed by atoms with Crippen LogP contribution >= 0.6 is 11.6 Å². The number of carbonyl (C=O) groups is 1. The van der Waals surface area contributed by atoms with Crippen LogP contribution in [-0.4, -0.2) is 53.7 Å². The summed E-state index contributed by atoms with van der Waals surface area (Å²) >= 11 is 6.21. The number of carboxylic acids is 1. The van der Waals surface area contributed by atoms with Gasteiger partial charge in [0.05, 0.1) is 10.9 Å². The molecule has 0 atom stereocenters. The number of H-pyrrole nitrogens is 1. The van der Waals surface area contributed by atoms with Crippen LogP contribution in [0.15, 0.2) is 90.5 Å². The molecule has 1 fully saturated rings. The number of nitrogens with one attached hydrogen (secondary N) is 1. The van der Waals surface area contributed by atoms with E-state index in [4.69, 9.17) is 16.3 Å². The lowest BCUT2D eigenvalue weighted by Crippen LogP contribution is -2.47. The summed E-state index contributed by atoms with van der Waals surface area (Å²) in [6.45, 7) is 9.30. The molecule has 5 aromatic rings. The summed E-state index contributed by atoms with van der Waals surface area (Å²) in [5.74, 6) is -0.0227. The highest BCUT2D eigenvalue weighted by Crippen LogP contribution is 2.43. The van der Waals surface area contributed by atoms with Gasteiger partial charge in [0.25, 0.3) is 0 Å². The highest BCUT2D eigenvalue weighted by Gasteiger charge is 2.29. The fraction of sp³-hybridized carbons (Fsp3) is 0.289. The van der Waals surface area contributed by atoms with Gasteiger partial charge in [0.2, 0.25) is 0 Å². The number of fused-ring (bicyclic) bond motifs is 3. The summed E-state index contributed by atoms with van der Waals surface area (Å²) in [4.78, 5) is 20.6. The zero-order valence-electron chi connectivity index (χ0n) is 25.8. The minimum Gasteiger partial charge on any atom is -0.478 e. The third-order valence-corrected chi connectivity index (χ3v) is 9.69. The summed E-state index contributed by atoms with van der Waals surface area (Å²) in [5.41, 5.74) is 7.68. The van der Waals surface area contributed by atoms with Crippen LogP contribution in [0, 0.1) is 5.41 Å². The Balaban J connectivity index is 1.10. The maximum absolute atomic E-state index is 12.2. The summed E-state index contributed by atoms with van der Waals surface area (Å²) in [6, 6.07) is 27.7.